The third-order valence-corrected chi connectivity index (χ3v) is 6.65. The summed E-state index contributed by atoms with van der Waals surface area (Å²) in [6.45, 7) is 2.56. The molecule has 0 aliphatic heterocycles. The van der Waals surface area contributed by atoms with E-state index in [0.29, 0.717) is 41.3 Å². The second kappa shape index (κ2) is 8.55. The normalized spacial score (nSPS) is 15.4. The Morgan fingerprint density at radius 3 is 2.56 bits per heavy atom. The molecule has 2 heterocycles. The molecule has 1 N–H and O–H groups in total. The quantitative estimate of drug-likeness (QED) is 0.444. The zero-order valence-electron chi connectivity index (χ0n) is 17.6. The number of carbonyl (C=O) groups is 1. The molecule has 1 aliphatic rings. The smallest absolute Gasteiger partial charge is 0.258 e. The van der Waals surface area contributed by atoms with Gasteiger partial charge in [0.05, 0.1) is 17.9 Å². The number of carbonyl (C=O) groups excluding carboxylic acids is 1. The molecular formula is C26H22N2O3S. The van der Waals surface area contributed by atoms with Gasteiger partial charge in [-0.25, -0.2) is 4.98 Å². The molecule has 2 aromatic heterocycles. The predicted octanol–water partition coefficient (Wildman–Crippen LogP) is 5.48. The molecule has 0 saturated carbocycles. The highest BCUT2D eigenvalue weighted by molar-refractivity contribution is 7.13. The number of ketones is 1. The van der Waals surface area contributed by atoms with Crippen molar-refractivity contribution in [3.8, 4) is 27.6 Å². The largest absolute Gasteiger partial charge is 0.494 e. The van der Waals surface area contributed by atoms with Gasteiger partial charge in [-0.05, 0) is 55.2 Å². The van der Waals surface area contributed by atoms with E-state index < -0.39 is 0 Å². The molecule has 0 saturated heterocycles. The number of rotatable bonds is 5. The number of aromatic nitrogens is 2. The van der Waals surface area contributed by atoms with Gasteiger partial charge in [-0.1, -0.05) is 30.3 Å². The maximum Gasteiger partial charge on any atom is 0.258 e. The van der Waals surface area contributed by atoms with Crippen LogP contribution in [0.1, 0.15) is 40.9 Å². The Morgan fingerprint density at radius 2 is 1.81 bits per heavy atom. The number of fused-ring (bicyclic) bond motifs is 1. The highest BCUT2D eigenvalue weighted by Crippen LogP contribution is 2.34. The van der Waals surface area contributed by atoms with Crippen molar-refractivity contribution in [3.05, 3.63) is 93.2 Å². The van der Waals surface area contributed by atoms with E-state index >= 15 is 0 Å². The van der Waals surface area contributed by atoms with Gasteiger partial charge in [0.2, 0.25) is 0 Å². The van der Waals surface area contributed by atoms with Crippen molar-refractivity contribution in [3.63, 3.8) is 0 Å². The van der Waals surface area contributed by atoms with E-state index in [-0.39, 0.29) is 17.3 Å². The average Bonchev–Trinajstić information content (AvgIpc) is 3.30. The number of pyridine rings is 1. The van der Waals surface area contributed by atoms with Gasteiger partial charge in [-0.15, -0.1) is 11.3 Å². The van der Waals surface area contributed by atoms with Crippen molar-refractivity contribution < 1.29 is 9.53 Å². The van der Waals surface area contributed by atoms with Crippen LogP contribution in [-0.2, 0) is 6.42 Å². The predicted molar refractivity (Wildman–Crippen MR) is 127 cm³/mol. The van der Waals surface area contributed by atoms with Crippen molar-refractivity contribution in [2.75, 3.05) is 6.61 Å². The summed E-state index contributed by atoms with van der Waals surface area (Å²) in [5, 5.41) is 2.54. The molecular weight excluding hydrogens is 420 g/mol. The van der Waals surface area contributed by atoms with Crippen LogP contribution in [0.25, 0.3) is 21.8 Å². The van der Waals surface area contributed by atoms with Crippen LogP contribution in [0.15, 0.2) is 70.8 Å². The molecule has 4 aromatic rings. The van der Waals surface area contributed by atoms with Crippen LogP contribution < -0.4 is 10.3 Å². The van der Waals surface area contributed by atoms with Crippen LogP contribution in [0, 0.1) is 0 Å². The summed E-state index contributed by atoms with van der Waals surface area (Å²) in [5.74, 6) is 0.954. The lowest BCUT2D eigenvalue weighted by atomic mass is 9.81. The van der Waals surface area contributed by atoms with Gasteiger partial charge in [0.1, 0.15) is 10.8 Å². The molecule has 0 unspecified atom stereocenters. The first-order chi connectivity index (χ1) is 15.6. The fourth-order valence-corrected chi connectivity index (χ4v) is 5.01. The van der Waals surface area contributed by atoms with Gasteiger partial charge in [0.15, 0.2) is 5.78 Å². The highest BCUT2D eigenvalue weighted by atomic mass is 32.1. The van der Waals surface area contributed by atoms with Gasteiger partial charge < -0.3 is 9.72 Å². The van der Waals surface area contributed by atoms with Gasteiger partial charge in [0.25, 0.3) is 5.56 Å². The average molecular weight is 443 g/mol. The zero-order valence-corrected chi connectivity index (χ0v) is 18.4. The number of hydrogen-bond donors (Lipinski definition) is 1. The standard InChI is InChI=1S/C26H22N2O3S/c1-2-31-19-10-8-17(9-11-19)23-15-32-26(28-23)21-14-20-22(27-25(21)30)12-18(13-24(20)29)16-6-4-3-5-7-16/h3-11,14-15,18H,2,12-13H2,1H3,(H,27,30)/t18-/m1/s1. The van der Waals surface area contributed by atoms with E-state index in [9.17, 15) is 9.59 Å². The van der Waals surface area contributed by atoms with Crippen molar-refractivity contribution in [2.45, 2.75) is 25.7 Å². The Labute approximate surface area is 189 Å². The number of H-pyrrole nitrogens is 1. The van der Waals surface area contributed by atoms with E-state index in [2.05, 4.69) is 9.97 Å². The number of nitrogens with one attached hydrogen (secondary N) is 1. The molecule has 160 valence electrons. The monoisotopic (exact) mass is 442 g/mol. The minimum Gasteiger partial charge on any atom is -0.494 e. The first-order valence-electron chi connectivity index (χ1n) is 10.7. The lowest BCUT2D eigenvalue weighted by Gasteiger charge is -2.24. The molecule has 0 fully saturated rings. The molecule has 1 aliphatic carbocycles. The van der Waals surface area contributed by atoms with E-state index in [1.807, 2.05) is 66.9 Å². The number of aromatic amines is 1. The molecule has 2 aromatic carbocycles. The number of thiazole rings is 1. The molecule has 6 heteroatoms. The van der Waals surface area contributed by atoms with Crippen LogP contribution in [0.3, 0.4) is 0 Å². The highest BCUT2D eigenvalue weighted by Gasteiger charge is 2.28. The lowest BCUT2D eigenvalue weighted by molar-refractivity contribution is 0.0963. The molecule has 0 amide bonds. The zero-order chi connectivity index (χ0) is 22.1. The van der Waals surface area contributed by atoms with Crippen molar-refractivity contribution in [1.29, 1.82) is 0 Å². The van der Waals surface area contributed by atoms with E-state index in [1.54, 1.807) is 6.07 Å². The second-order valence-corrected chi connectivity index (χ2v) is 8.70. The topological polar surface area (TPSA) is 72.1 Å². The first kappa shape index (κ1) is 20.4. The van der Waals surface area contributed by atoms with Crippen molar-refractivity contribution in [2.24, 2.45) is 0 Å². The molecule has 1 atom stereocenters. The minimum absolute atomic E-state index is 0.0564. The summed E-state index contributed by atoms with van der Waals surface area (Å²) < 4.78 is 5.49. The number of ether oxygens (including phenoxy) is 1. The Morgan fingerprint density at radius 1 is 1.03 bits per heavy atom. The van der Waals surface area contributed by atoms with Crippen LogP contribution in [-0.4, -0.2) is 22.4 Å². The molecule has 5 rings (SSSR count). The fourth-order valence-electron chi connectivity index (χ4n) is 4.17. The van der Waals surface area contributed by atoms with E-state index in [0.717, 1.165) is 22.6 Å². The van der Waals surface area contributed by atoms with Crippen LogP contribution >= 0.6 is 11.3 Å². The van der Waals surface area contributed by atoms with Crippen LogP contribution in [0.4, 0.5) is 0 Å². The van der Waals surface area contributed by atoms with Gasteiger partial charge >= 0.3 is 0 Å². The van der Waals surface area contributed by atoms with E-state index in [4.69, 9.17) is 4.74 Å². The summed E-state index contributed by atoms with van der Waals surface area (Å²) in [7, 11) is 0. The third-order valence-electron chi connectivity index (χ3n) is 5.77. The SMILES string of the molecule is CCOc1ccc(-c2csc(-c3cc4c([nH]c3=O)C[C@@H](c3ccccc3)CC4=O)n2)cc1. The third kappa shape index (κ3) is 3.89. The van der Waals surface area contributed by atoms with E-state index in [1.165, 1.54) is 11.3 Å². The molecule has 0 spiro atoms. The van der Waals surface area contributed by atoms with Crippen LogP contribution in [0.2, 0.25) is 0 Å². The summed E-state index contributed by atoms with van der Waals surface area (Å²) in [5.41, 5.74) is 4.41. The maximum absolute atomic E-state index is 12.9. The summed E-state index contributed by atoms with van der Waals surface area (Å²) in [6, 6.07) is 19.4. The molecule has 5 nitrogen and oxygen atoms in total. The first-order valence-corrected chi connectivity index (χ1v) is 11.5. The Balaban J connectivity index is 1.45. The molecule has 0 bridgehead atoms. The Kier molecular flexibility index (Phi) is 5.45. The Bertz CT molecular complexity index is 1320. The summed E-state index contributed by atoms with van der Waals surface area (Å²) in [4.78, 5) is 33.5. The van der Waals surface area contributed by atoms with Crippen LogP contribution in [0.5, 0.6) is 5.75 Å². The van der Waals surface area contributed by atoms with Crippen molar-refractivity contribution in [1.82, 2.24) is 9.97 Å². The molecule has 32 heavy (non-hydrogen) atoms. The summed E-state index contributed by atoms with van der Waals surface area (Å²) in [6.07, 6.45) is 1.09. The Hall–Kier alpha value is -3.51. The van der Waals surface area contributed by atoms with Gasteiger partial charge in [-0.2, -0.15) is 0 Å². The fraction of sp³-hybridized carbons (Fsp3) is 0.192. The maximum atomic E-state index is 12.9. The molecule has 0 radical (unpaired) electrons. The second-order valence-electron chi connectivity index (χ2n) is 7.84. The van der Waals surface area contributed by atoms with Gasteiger partial charge in [0, 0.05) is 28.6 Å². The van der Waals surface area contributed by atoms with Gasteiger partial charge in [-0.3, -0.25) is 9.59 Å². The lowest BCUT2D eigenvalue weighted by Crippen LogP contribution is -2.24. The number of benzene rings is 2. The minimum atomic E-state index is -0.210. The number of nitrogens with zero attached hydrogens (tertiary/aromatic N) is 1. The van der Waals surface area contributed by atoms with Crippen molar-refractivity contribution >= 4 is 17.1 Å². The number of hydrogen-bond acceptors (Lipinski definition) is 5. The summed E-state index contributed by atoms with van der Waals surface area (Å²) >= 11 is 1.40. The number of Topliss-reactive ketones (excluding diaryl/α,β-unsaturated/α-hetero) is 1.